The molecule has 6 aromatic rings. The lowest BCUT2D eigenvalue weighted by Crippen LogP contribution is -2.40. The zero-order valence-corrected chi connectivity index (χ0v) is 29.6. The van der Waals surface area contributed by atoms with Gasteiger partial charge in [0.25, 0.3) is 5.91 Å². The standard InChI is InChI=1S/C41H38N6O7/c1-50-31-18-14-29(15-19-31)41(28-12-7-4-8-13-28,30-16-20-32(51-2)21-17-30)53-24-33-35(48)36(52-23-9-22-42)40(54-33)47-26-45-34-37(43-25-44-38(34)47)46-39(49)27-10-5-3-6-11-27/h3-8,10-21,25-26,33,35-36,40,48H,9,23-24H2,1-2H3,(H,43,44,46,49)/t33-,35-,36-,40-/m1/s1. The lowest BCUT2D eigenvalue weighted by atomic mass is 9.80. The lowest BCUT2D eigenvalue weighted by Gasteiger charge is -2.37. The molecular weight excluding hydrogens is 688 g/mol. The summed E-state index contributed by atoms with van der Waals surface area (Å²) in [6.45, 7) is -0.0277. The number of nitriles is 1. The molecule has 3 heterocycles. The second-order valence-electron chi connectivity index (χ2n) is 12.5. The van der Waals surface area contributed by atoms with Crippen LogP contribution in [0.25, 0.3) is 11.2 Å². The lowest BCUT2D eigenvalue weighted by molar-refractivity contribution is -0.0959. The minimum Gasteiger partial charge on any atom is -0.497 e. The third kappa shape index (κ3) is 7.11. The molecule has 13 nitrogen and oxygen atoms in total. The Morgan fingerprint density at radius 3 is 2.09 bits per heavy atom. The van der Waals surface area contributed by atoms with Gasteiger partial charge in [0.15, 0.2) is 23.2 Å². The van der Waals surface area contributed by atoms with Crippen LogP contribution in [-0.2, 0) is 19.8 Å². The number of anilines is 1. The van der Waals surface area contributed by atoms with Gasteiger partial charge in [0.1, 0.15) is 41.7 Å². The van der Waals surface area contributed by atoms with Crippen molar-refractivity contribution in [3.05, 3.63) is 144 Å². The Balaban J connectivity index is 1.24. The minimum atomic E-state index is -1.19. The molecule has 2 aromatic heterocycles. The number of nitrogens with one attached hydrogen (secondary N) is 1. The summed E-state index contributed by atoms with van der Waals surface area (Å²) in [5, 5.41) is 24.0. The minimum absolute atomic E-state index is 0.0529. The Hall–Kier alpha value is -6.17. The zero-order valence-electron chi connectivity index (χ0n) is 29.6. The summed E-state index contributed by atoms with van der Waals surface area (Å²) < 4.78 is 32.3. The van der Waals surface area contributed by atoms with Crippen molar-refractivity contribution in [2.75, 3.05) is 32.8 Å². The molecule has 7 rings (SSSR count). The molecule has 0 aliphatic carbocycles. The van der Waals surface area contributed by atoms with Gasteiger partial charge in [0.2, 0.25) is 0 Å². The van der Waals surface area contributed by atoms with E-state index < -0.39 is 30.1 Å². The summed E-state index contributed by atoms with van der Waals surface area (Å²) in [5.41, 5.74) is 2.41. The largest absolute Gasteiger partial charge is 0.497 e. The van der Waals surface area contributed by atoms with E-state index in [-0.39, 0.29) is 31.4 Å². The number of aromatic nitrogens is 4. The van der Waals surface area contributed by atoms with Crippen LogP contribution in [0.3, 0.4) is 0 Å². The van der Waals surface area contributed by atoms with Crippen molar-refractivity contribution < 1.29 is 33.6 Å². The van der Waals surface area contributed by atoms with Gasteiger partial charge in [0, 0.05) is 5.56 Å². The first-order chi connectivity index (χ1) is 26.5. The molecule has 1 fully saturated rings. The van der Waals surface area contributed by atoms with Gasteiger partial charge in [-0.05, 0) is 53.1 Å². The summed E-state index contributed by atoms with van der Waals surface area (Å²) in [6, 6.07) is 35.9. The molecule has 1 aliphatic rings. The summed E-state index contributed by atoms with van der Waals surface area (Å²) in [7, 11) is 3.22. The molecular formula is C41H38N6O7. The van der Waals surface area contributed by atoms with Gasteiger partial charge in [-0.3, -0.25) is 9.36 Å². The number of rotatable bonds is 14. The third-order valence-corrected chi connectivity index (χ3v) is 9.38. The molecule has 1 amide bonds. The molecule has 2 N–H and O–H groups in total. The van der Waals surface area contributed by atoms with Crippen molar-refractivity contribution in [1.29, 1.82) is 5.26 Å². The Kier molecular flexibility index (Phi) is 10.9. The maximum atomic E-state index is 13.0. The molecule has 54 heavy (non-hydrogen) atoms. The number of methoxy groups -OCH3 is 2. The highest BCUT2D eigenvalue weighted by atomic mass is 16.6. The van der Waals surface area contributed by atoms with E-state index in [0.29, 0.717) is 28.2 Å². The van der Waals surface area contributed by atoms with Gasteiger partial charge < -0.3 is 34.1 Å². The highest BCUT2D eigenvalue weighted by molar-refractivity contribution is 6.06. The highest BCUT2D eigenvalue weighted by Crippen LogP contribution is 2.43. The number of carbonyl (C=O) groups is 1. The molecule has 1 saturated heterocycles. The average molecular weight is 727 g/mol. The quantitative estimate of drug-likeness (QED) is 0.105. The van der Waals surface area contributed by atoms with E-state index in [0.717, 1.165) is 16.7 Å². The number of aliphatic hydroxyl groups excluding tert-OH is 1. The Morgan fingerprint density at radius 2 is 1.48 bits per heavy atom. The Morgan fingerprint density at radius 1 is 0.870 bits per heavy atom. The second-order valence-corrected chi connectivity index (χ2v) is 12.5. The predicted molar refractivity (Wildman–Crippen MR) is 198 cm³/mol. The van der Waals surface area contributed by atoms with Gasteiger partial charge in [-0.2, -0.15) is 5.26 Å². The molecule has 274 valence electrons. The van der Waals surface area contributed by atoms with Crippen molar-refractivity contribution in [2.45, 2.75) is 36.6 Å². The van der Waals surface area contributed by atoms with E-state index in [2.05, 4.69) is 26.3 Å². The van der Waals surface area contributed by atoms with Crippen LogP contribution in [0.5, 0.6) is 11.5 Å². The van der Waals surface area contributed by atoms with E-state index in [9.17, 15) is 15.2 Å². The predicted octanol–water partition coefficient (Wildman–Crippen LogP) is 5.66. The van der Waals surface area contributed by atoms with Crippen LogP contribution >= 0.6 is 0 Å². The number of hydrogen-bond acceptors (Lipinski definition) is 11. The number of fused-ring (bicyclic) bond motifs is 1. The average Bonchev–Trinajstić information content (AvgIpc) is 3.80. The maximum Gasteiger partial charge on any atom is 0.256 e. The molecule has 0 unspecified atom stereocenters. The smallest absolute Gasteiger partial charge is 0.256 e. The number of amides is 1. The third-order valence-electron chi connectivity index (χ3n) is 9.38. The number of aliphatic hydroxyl groups is 1. The van der Waals surface area contributed by atoms with Crippen LogP contribution in [0.4, 0.5) is 5.82 Å². The van der Waals surface area contributed by atoms with E-state index in [1.54, 1.807) is 43.1 Å². The SMILES string of the molecule is COc1ccc(C(OC[C@H]2O[C@@H](n3cnc4c(NC(=O)c5ccccc5)ncnc43)[C@H](OCCC#N)[C@@H]2O)(c2ccccc2)c2ccc(OC)cc2)cc1. The number of benzene rings is 4. The monoisotopic (exact) mass is 726 g/mol. The van der Waals surface area contributed by atoms with Crippen LogP contribution in [0.1, 0.15) is 39.7 Å². The molecule has 0 spiro atoms. The second kappa shape index (κ2) is 16.2. The molecule has 1 aliphatic heterocycles. The number of ether oxygens (including phenoxy) is 5. The molecule has 4 atom stereocenters. The van der Waals surface area contributed by atoms with Crippen molar-refractivity contribution in [3.8, 4) is 17.6 Å². The first kappa shape index (κ1) is 36.2. The fourth-order valence-corrected chi connectivity index (χ4v) is 6.68. The van der Waals surface area contributed by atoms with Gasteiger partial charge in [-0.1, -0.05) is 72.8 Å². The molecule has 0 saturated carbocycles. The number of nitrogens with zero attached hydrogens (tertiary/aromatic N) is 5. The van der Waals surface area contributed by atoms with Crippen molar-refractivity contribution in [2.24, 2.45) is 0 Å². The van der Waals surface area contributed by atoms with Crippen molar-refractivity contribution in [3.63, 3.8) is 0 Å². The normalized spacial score (nSPS) is 18.3. The van der Waals surface area contributed by atoms with Crippen molar-refractivity contribution >= 4 is 22.9 Å². The zero-order chi connectivity index (χ0) is 37.5. The topological polar surface area (TPSA) is 163 Å². The van der Waals surface area contributed by atoms with Crippen LogP contribution < -0.4 is 14.8 Å². The maximum absolute atomic E-state index is 13.0. The molecule has 13 heteroatoms. The first-order valence-corrected chi connectivity index (χ1v) is 17.3. The van der Waals surface area contributed by atoms with Gasteiger partial charge >= 0.3 is 0 Å². The summed E-state index contributed by atoms with van der Waals surface area (Å²) >= 11 is 0. The van der Waals surface area contributed by atoms with Crippen LogP contribution in [0.2, 0.25) is 0 Å². The van der Waals surface area contributed by atoms with Crippen molar-refractivity contribution in [1.82, 2.24) is 19.5 Å². The highest BCUT2D eigenvalue weighted by Gasteiger charge is 2.48. The van der Waals surface area contributed by atoms with Gasteiger partial charge in [0.05, 0.1) is 46.3 Å². The Labute approximate surface area is 311 Å². The number of carbonyl (C=O) groups excluding carboxylic acids is 1. The van der Waals surface area contributed by atoms with Crippen LogP contribution in [0.15, 0.2) is 122 Å². The molecule has 4 aromatic carbocycles. The molecule has 0 radical (unpaired) electrons. The molecule has 0 bridgehead atoms. The number of hydrogen-bond donors (Lipinski definition) is 2. The van der Waals surface area contributed by atoms with Crippen LogP contribution in [0, 0.1) is 11.3 Å². The Bertz CT molecular complexity index is 2160. The van der Waals surface area contributed by atoms with E-state index in [1.165, 1.54) is 12.7 Å². The summed E-state index contributed by atoms with van der Waals surface area (Å²) in [4.78, 5) is 26.2. The van der Waals surface area contributed by atoms with Gasteiger partial charge in [-0.25, -0.2) is 15.0 Å². The summed E-state index contributed by atoms with van der Waals surface area (Å²) in [5.74, 6) is 1.22. The fourth-order valence-electron chi connectivity index (χ4n) is 6.68. The van der Waals surface area contributed by atoms with E-state index in [4.69, 9.17) is 23.7 Å². The number of imidazole rings is 1. The fraction of sp³-hybridized carbons (Fsp3) is 0.244. The van der Waals surface area contributed by atoms with E-state index >= 15 is 0 Å². The van der Waals surface area contributed by atoms with E-state index in [1.807, 2.05) is 84.9 Å². The van der Waals surface area contributed by atoms with Crippen LogP contribution in [-0.4, -0.2) is 76.3 Å². The van der Waals surface area contributed by atoms with Gasteiger partial charge in [-0.15, -0.1) is 0 Å². The summed E-state index contributed by atoms with van der Waals surface area (Å²) in [6.07, 6.45) is -1.04. The first-order valence-electron chi connectivity index (χ1n) is 17.3.